The molecule has 5 nitrogen and oxygen atoms in total. The lowest BCUT2D eigenvalue weighted by Gasteiger charge is -2.44. The SMILES string of the molecule is C=C1CCC[C@@H]2OC(C)(C)O[C@@H]2[C@@H](OCc2ccc(OC)cc2)[C@H]1O[Si](C)(C)C(C)(C)C. The topological polar surface area (TPSA) is 46.2 Å². The molecule has 2 fully saturated rings. The van der Waals surface area contributed by atoms with E-state index in [1.807, 2.05) is 38.1 Å². The lowest BCUT2D eigenvalue weighted by atomic mass is 9.89. The van der Waals surface area contributed by atoms with Crippen LogP contribution in [0.2, 0.25) is 18.1 Å². The molecule has 1 aromatic carbocycles. The quantitative estimate of drug-likeness (QED) is 0.370. The van der Waals surface area contributed by atoms with Gasteiger partial charge >= 0.3 is 0 Å². The van der Waals surface area contributed by atoms with E-state index in [9.17, 15) is 0 Å². The third-order valence-electron chi connectivity index (χ3n) is 7.06. The van der Waals surface area contributed by atoms with Gasteiger partial charge in [-0.15, -0.1) is 0 Å². The Balaban J connectivity index is 1.90. The van der Waals surface area contributed by atoms with E-state index in [0.717, 1.165) is 36.1 Å². The molecule has 1 saturated carbocycles. The normalized spacial score (nSPS) is 28.7. The Hall–Kier alpha value is -1.18. The van der Waals surface area contributed by atoms with Crippen molar-refractivity contribution in [2.45, 2.75) is 109 Å². The predicted molar refractivity (Wildman–Crippen MR) is 130 cm³/mol. The van der Waals surface area contributed by atoms with Crippen LogP contribution < -0.4 is 4.74 Å². The standard InChI is InChI=1S/C26H42O5Si/c1-18-11-10-12-21-23(30-26(5,6)29-21)24(22(18)31-32(8,9)25(2,3)4)28-17-19-13-15-20(27-7)16-14-19/h13-16,21-24H,1,10-12,17H2,2-9H3/t21-,22-,23-,24-/m0/s1. The molecule has 0 unspecified atom stereocenters. The van der Waals surface area contributed by atoms with E-state index in [0.29, 0.717) is 6.61 Å². The second-order valence-electron chi connectivity index (χ2n) is 11.1. The first-order valence-corrected chi connectivity index (χ1v) is 14.7. The van der Waals surface area contributed by atoms with Crippen molar-refractivity contribution in [1.29, 1.82) is 0 Å². The van der Waals surface area contributed by atoms with Gasteiger partial charge in [0, 0.05) is 0 Å². The molecule has 0 radical (unpaired) electrons. The van der Waals surface area contributed by atoms with Gasteiger partial charge in [-0.05, 0) is 74.5 Å². The fourth-order valence-electron chi connectivity index (χ4n) is 4.18. The summed E-state index contributed by atoms with van der Waals surface area (Å²) in [6, 6.07) is 7.99. The average Bonchev–Trinajstić information content (AvgIpc) is 2.99. The first-order chi connectivity index (χ1) is 14.8. The van der Waals surface area contributed by atoms with Crippen LogP contribution in [-0.4, -0.2) is 45.6 Å². The molecular formula is C26H42O5Si. The Morgan fingerprint density at radius 1 is 1.12 bits per heavy atom. The number of ether oxygens (including phenoxy) is 4. The van der Waals surface area contributed by atoms with Crippen LogP contribution in [0, 0.1) is 0 Å². The van der Waals surface area contributed by atoms with Gasteiger partial charge in [0.2, 0.25) is 0 Å². The number of rotatable bonds is 6. The highest BCUT2D eigenvalue weighted by Crippen LogP contribution is 2.43. The number of hydrogen-bond donors (Lipinski definition) is 0. The minimum atomic E-state index is -2.07. The van der Waals surface area contributed by atoms with Gasteiger partial charge in [-0.25, -0.2) is 0 Å². The third-order valence-corrected chi connectivity index (χ3v) is 11.5. The Morgan fingerprint density at radius 3 is 2.38 bits per heavy atom. The van der Waals surface area contributed by atoms with Gasteiger partial charge < -0.3 is 23.4 Å². The second-order valence-corrected chi connectivity index (χ2v) is 15.9. The number of fused-ring (bicyclic) bond motifs is 1. The molecule has 4 atom stereocenters. The molecule has 0 bridgehead atoms. The fraction of sp³-hybridized carbons (Fsp3) is 0.692. The summed E-state index contributed by atoms with van der Waals surface area (Å²) in [5.74, 6) is 0.200. The van der Waals surface area contributed by atoms with Gasteiger partial charge in [-0.1, -0.05) is 39.5 Å². The molecule has 0 N–H and O–H groups in total. The Kier molecular flexibility index (Phi) is 7.62. The molecule has 1 heterocycles. The van der Waals surface area contributed by atoms with Crippen molar-refractivity contribution in [3.8, 4) is 5.75 Å². The summed E-state index contributed by atoms with van der Waals surface area (Å²) in [7, 11) is -0.394. The number of benzene rings is 1. The van der Waals surface area contributed by atoms with Crippen LogP contribution in [-0.2, 0) is 25.2 Å². The lowest BCUT2D eigenvalue weighted by molar-refractivity contribution is -0.168. The van der Waals surface area contributed by atoms with E-state index in [1.165, 1.54) is 0 Å². The van der Waals surface area contributed by atoms with Crippen molar-refractivity contribution in [2.75, 3.05) is 7.11 Å². The maximum absolute atomic E-state index is 6.96. The first-order valence-electron chi connectivity index (χ1n) is 11.8. The minimum Gasteiger partial charge on any atom is -0.497 e. The molecule has 3 rings (SSSR count). The van der Waals surface area contributed by atoms with Crippen molar-refractivity contribution in [1.82, 2.24) is 0 Å². The molecule has 1 saturated heterocycles. The van der Waals surface area contributed by atoms with E-state index in [4.69, 9.17) is 23.4 Å². The van der Waals surface area contributed by atoms with Crippen LogP contribution in [0.3, 0.4) is 0 Å². The van der Waals surface area contributed by atoms with Crippen LogP contribution in [0.25, 0.3) is 0 Å². The summed E-state index contributed by atoms with van der Waals surface area (Å²) >= 11 is 0. The summed E-state index contributed by atoms with van der Waals surface area (Å²) in [5.41, 5.74) is 2.18. The van der Waals surface area contributed by atoms with Crippen molar-refractivity contribution >= 4 is 8.32 Å². The van der Waals surface area contributed by atoms with E-state index < -0.39 is 14.1 Å². The van der Waals surface area contributed by atoms with Crippen molar-refractivity contribution in [2.24, 2.45) is 0 Å². The summed E-state index contributed by atoms with van der Waals surface area (Å²) in [6.45, 7) is 20.2. The predicted octanol–water partition coefficient (Wildman–Crippen LogP) is 6.23. The highest BCUT2D eigenvalue weighted by molar-refractivity contribution is 6.74. The van der Waals surface area contributed by atoms with Gasteiger partial charge in [-0.2, -0.15) is 0 Å². The summed E-state index contributed by atoms with van der Waals surface area (Å²) in [4.78, 5) is 0. The summed E-state index contributed by atoms with van der Waals surface area (Å²) < 4.78 is 31.6. The summed E-state index contributed by atoms with van der Waals surface area (Å²) in [5, 5.41) is 0.0852. The smallest absolute Gasteiger partial charge is 0.193 e. The van der Waals surface area contributed by atoms with E-state index in [-0.39, 0.29) is 29.5 Å². The highest BCUT2D eigenvalue weighted by atomic mass is 28.4. The number of hydrogen-bond acceptors (Lipinski definition) is 5. The van der Waals surface area contributed by atoms with Crippen molar-refractivity contribution < 1.29 is 23.4 Å². The molecule has 0 amide bonds. The first kappa shape index (κ1) is 25.4. The monoisotopic (exact) mass is 462 g/mol. The number of methoxy groups -OCH3 is 1. The van der Waals surface area contributed by atoms with Gasteiger partial charge in [0.05, 0.1) is 25.9 Å². The van der Waals surface area contributed by atoms with E-state index >= 15 is 0 Å². The molecule has 2 aliphatic rings. The van der Waals surface area contributed by atoms with Gasteiger partial charge in [-0.3, -0.25) is 0 Å². The van der Waals surface area contributed by atoms with Crippen molar-refractivity contribution in [3.05, 3.63) is 42.0 Å². The second kappa shape index (κ2) is 9.59. The molecule has 1 aliphatic carbocycles. The fourth-order valence-corrected chi connectivity index (χ4v) is 5.47. The van der Waals surface area contributed by atoms with Gasteiger partial charge in [0.25, 0.3) is 0 Å². The van der Waals surface area contributed by atoms with Crippen LogP contribution in [0.4, 0.5) is 0 Å². The summed E-state index contributed by atoms with van der Waals surface area (Å²) in [6.07, 6.45) is 2.14. The van der Waals surface area contributed by atoms with Gasteiger partial charge in [0.1, 0.15) is 18.0 Å². The van der Waals surface area contributed by atoms with Crippen LogP contribution >= 0.6 is 0 Å². The Bertz CT molecular complexity index is 780. The van der Waals surface area contributed by atoms with Crippen LogP contribution in [0.5, 0.6) is 5.75 Å². The van der Waals surface area contributed by atoms with E-state index in [2.05, 4.69) is 40.4 Å². The molecule has 0 aromatic heterocycles. The maximum Gasteiger partial charge on any atom is 0.193 e. The molecule has 32 heavy (non-hydrogen) atoms. The Morgan fingerprint density at radius 2 is 1.78 bits per heavy atom. The van der Waals surface area contributed by atoms with E-state index in [1.54, 1.807) is 7.11 Å². The molecule has 180 valence electrons. The van der Waals surface area contributed by atoms with Gasteiger partial charge in [0.15, 0.2) is 14.1 Å². The largest absolute Gasteiger partial charge is 0.497 e. The average molecular weight is 463 g/mol. The van der Waals surface area contributed by atoms with Crippen molar-refractivity contribution in [3.63, 3.8) is 0 Å². The maximum atomic E-state index is 6.96. The lowest BCUT2D eigenvalue weighted by Crippen LogP contribution is -2.53. The minimum absolute atomic E-state index is 0.00974. The zero-order chi connectivity index (χ0) is 23.7. The molecule has 1 aliphatic heterocycles. The third kappa shape index (κ3) is 5.84. The highest BCUT2D eigenvalue weighted by Gasteiger charge is 2.51. The van der Waals surface area contributed by atoms with Crippen LogP contribution in [0.1, 0.15) is 59.4 Å². The zero-order valence-corrected chi connectivity index (χ0v) is 22.2. The molecule has 1 aromatic rings. The Labute approximate surface area is 195 Å². The molecule has 0 spiro atoms. The zero-order valence-electron chi connectivity index (χ0n) is 21.2. The molecule has 6 heteroatoms. The van der Waals surface area contributed by atoms with Crippen LogP contribution in [0.15, 0.2) is 36.4 Å². The molecular weight excluding hydrogens is 420 g/mol.